The van der Waals surface area contributed by atoms with Gasteiger partial charge in [-0.1, -0.05) is 23.5 Å². The summed E-state index contributed by atoms with van der Waals surface area (Å²) in [6.45, 7) is 0.840. The van der Waals surface area contributed by atoms with Gasteiger partial charge < -0.3 is 4.90 Å². The topological polar surface area (TPSA) is 37.6 Å². The molecule has 1 aromatic heterocycles. The lowest BCUT2D eigenvalue weighted by Gasteiger charge is -2.20. The quantitative estimate of drug-likeness (QED) is 0.739. The number of likely N-dealkylation sites (N-methyl/N-ethyl adjacent to an activating group) is 1. The van der Waals surface area contributed by atoms with Crippen molar-refractivity contribution in [1.82, 2.24) is 4.98 Å². The van der Waals surface area contributed by atoms with Crippen LogP contribution < -0.4 is 9.80 Å². The molecule has 0 radical (unpaired) electrons. The van der Waals surface area contributed by atoms with Crippen molar-refractivity contribution in [3.05, 3.63) is 59.4 Å². The average molecular weight is 380 g/mol. The summed E-state index contributed by atoms with van der Waals surface area (Å²) in [7, 11) is 3.83. The number of hydrogen-bond donors (Lipinski definition) is 1. The Kier molecular flexibility index (Phi) is 5.24. The Labute approximate surface area is 152 Å². The predicted octanol–water partition coefficient (Wildman–Crippen LogP) is 2.50. The summed E-state index contributed by atoms with van der Waals surface area (Å²) in [5, 5.41) is 0.207. The number of anilines is 1. The van der Waals surface area contributed by atoms with Gasteiger partial charge in [0.25, 0.3) is 5.91 Å². The molecule has 0 saturated carbocycles. The number of nitrogens with one attached hydrogen (secondary N) is 1. The third-order valence-corrected chi connectivity index (χ3v) is 4.84. The molecule has 0 unspecified atom stereocenters. The van der Waals surface area contributed by atoms with Crippen LogP contribution in [0.15, 0.2) is 36.4 Å². The Morgan fingerprint density at radius 1 is 1.15 bits per heavy atom. The summed E-state index contributed by atoms with van der Waals surface area (Å²) in [5.74, 6) is -2.71. The number of carbonyl (C=O) groups excluding carboxylic acids is 1. The van der Waals surface area contributed by atoms with Gasteiger partial charge >= 0.3 is 0 Å². The van der Waals surface area contributed by atoms with Gasteiger partial charge in [-0.25, -0.2) is 18.2 Å². The highest BCUT2D eigenvalue weighted by Crippen LogP contribution is 2.32. The molecule has 136 valence electrons. The van der Waals surface area contributed by atoms with E-state index in [-0.39, 0.29) is 22.8 Å². The van der Waals surface area contributed by atoms with Crippen LogP contribution in [-0.4, -0.2) is 38.1 Å². The molecular formula is C18H17F3N3OS+. The second-order valence-electron chi connectivity index (χ2n) is 6.12. The summed E-state index contributed by atoms with van der Waals surface area (Å²) >= 11 is 0.997. The van der Waals surface area contributed by atoms with E-state index in [1.807, 2.05) is 14.1 Å². The zero-order valence-corrected chi connectivity index (χ0v) is 15.0. The number of benzene rings is 2. The highest BCUT2D eigenvalue weighted by atomic mass is 32.1. The maximum Gasteiger partial charge on any atom is 0.263 e. The van der Waals surface area contributed by atoms with Crippen molar-refractivity contribution < 1.29 is 22.9 Å². The van der Waals surface area contributed by atoms with Crippen molar-refractivity contribution in [1.29, 1.82) is 0 Å². The molecule has 3 rings (SSSR count). The molecule has 1 heterocycles. The van der Waals surface area contributed by atoms with Gasteiger partial charge in [0.05, 0.1) is 37.4 Å². The lowest BCUT2D eigenvalue weighted by atomic mass is 10.2. The third-order valence-electron chi connectivity index (χ3n) is 3.82. The first-order valence-electron chi connectivity index (χ1n) is 7.98. The van der Waals surface area contributed by atoms with Gasteiger partial charge in [-0.05, 0) is 18.2 Å². The van der Waals surface area contributed by atoms with Gasteiger partial charge in [0.2, 0.25) is 0 Å². The van der Waals surface area contributed by atoms with E-state index in [2.05, 4.69) is 4.98 Å². The number of nitrogens with zero attached hydrogens (tertiary/aromatic N) is 2. The lowest BCUT2D eigenvalue weighted by Crippen LogP contribution is -3.06. The van der Waals surface area contributed by atoms with Crippen LogP contribution in [-0.2, 0) is 0 Å². The van der Waals surface area contributed by atoms with Crippen LogP contribution in [0.1, 0.15) is 10.4 Å². The van der Waals surface area contributed by atoms with E-state index in [0.717, 1.165) is 22.3 Å². The van der Waals surface area contributed by atoms with Crippen LogP contribution in [0.2, 0.25) is 0 Å². The summed E-state index contributed by atoms with van der Waals surface area (Å²) in [5.41, 5.74) is -0.0953. The fraction of sp³-hybridized carbons (Fsp3) is 0.222. The first kappa shape index (κ1) is 18.3. The molecule has 0 saturated heterocycles. The molecule has 4 nitrogen and oxygen atoms in total. The molecule has 1 amide bonds. The Bertz CT molecular complexity index is 958. The summed E-state index contributed by atoms with van der Waals surface area (Å²) in [6, 6.07) is 7.58. The number of amides is 1. The largest absolute Gasteiger partial charge is 0.338 e. The molecule has 0 aliphatic rings. The molecule has 0 spiro atoms. The minimum atomic E-state index is -0.793. The fourth-order valence-corrected chi connectivity index (χ4v) is 3.49. The Hall–Kier alpha value is -2.45. The Morgan fingerprint density at radius 2 is 1.88 bits per heavy atom. The predicted molar refractivity (Wildman–Crippen MR) is 95.3 cm³/mol. The van der Waals surface area contributed by atoms with Crippen molar-refractivity contribution in [2.45, 2.75) is 0 Å². The zero-order chi connectivity index (χ0) is 18.8. The number of fused-ring (bicyclic) bond motifs is 1. The maximum atomic E-state index is 14.1. The minimum Gasteiger partial charge on any atom is -0.338 e. The van der Waals surface area contributed by atoms with Crippen LogP contribution in [0.4, 0.5) is 18.3 Å². The molecule has 1 N–H and O–H groups in total. The van der Waals surface area contributed by atoms with Gasteiger partial charge in [-0.15, -0.1) is 0 Å². The molecule has 3 aromatic rings. The summed E-state index contributed by atoms with van der Waals surface area (Å²) < 4.78 is 41.8. The van der Waals surface area contributed by atoms with E-state index < -0.39 is 23.4 Å². The zero-order valence-electron chi connectivity index (χ0n) is 14.2. The van der Waals surface area contributed by atoms with Crippen molar-refractivity contribution in [3.8, 4) is 0 Å². The summed E-state index contributed by atoms with van der Waals surface area (Å²) in [4.78, 5) is 19.4. The first-order valence-corrected chi connectivity index (χ1v) is 8.79. The smallest absolute Gasteiger partial charge is 0.263 e. The van der Waals surface area contributed by atoms with Crippen LogP contribution in [0.25, 0.3) is 10.2 Å². The van der Waals surface area contributed by atoms with Crippen molar-refractivity contribution >= 4 is 32.6 Å². The molecule has 0 aliphatic carbocycles. The second-order valence-corrected chi connectivity index (χ2v) is 7.13. The number of carbonyl (C=O) groups is 1. The van der Waals surface area contributed by atoms with E-state index >= 15 is 0 Å². The SMILES string of the molecule is C[NH+](C)CCN(C(=O)c1ccccc1F)c1nc2c(F)cc(F)cc2s1. The summed E-state index contributed by atoms with van der Waals surface area (Å²) in [6.07, 6.45) is 0. The molecule has 0 fully saturated rings. The lowest BCUT2D eigenvalue weighted by molar-refractivity contribution is -0.856. The molecule has 8 heteroatoms. The van der Waals surface area contributed by atoms with Crippen LogP contribution in [0, 0.1) is 17.5 Å². The Balaban J connectivity index is 2.05. The standard InChI is InChI=1S/C18H16F3N3OS/c1-23(2)7-8-24(17(25)12-5-3-4-6-13(12)20)18-22-16-14(21)9-11(19)10-15(16)26-18/h3-6,9-10H,7-8H2,1-2H3/p+1. The maximum absolute atomic E-state index is 14.1. The number of rotatable bonds is 5. The van der Waals surface area contributed by atoms with Crippen LogP contribution in [0.3, 0.4) is 0 Å². The molecule has 26 heavy (non-hydrogen) atoms. The number of aromatic nitrogens is 1. The van der Waals surface area contributed by atoms with E-state index in [9.17, 15) is 18.0 Å². The van der Waals surface area contributed by atoms with E-state index in [0.29, 0.717) is 11.2 Å². The number of thiazole rings is 1. The van der Waals surface area contributed by atoms with Crippen LogP contribution in [0.5, 0.6) is 0 Å². The first-order chi connectivity index (χ1) is 12.4. The van der Waals surface area contributed by atoms with Crippen molar-refractivity contribution in [2.75, 3.05) is 32.1 Å². The van der Waals surface area contributed by atoms with Crippen molar-refractivity contribution in [2.24, 2.45) is 0 Å². The van der Waals surface area contributed by atoms with E-state index in [1.165, 1.54) is 29.2 Å². The molecule has 0 aliphatic heterocycles. The Morgan fingerprint density at radius 3 is 2.58 bits per heavy atom. The van der Waals surface area contributed by atoms with Crippen molar-refractivity contribution in [3.63, 3.8) is 0 Å². The van der Waals surface area contributed by atoms with E-state index in [4.69, 9.17) is 0 Å². The fourth-order valence-electron chi connectivity index (χ4n) is 2.46. The van der Waals surface area contributed by atoms with Gasteiger partial charge in [-0.2, -0.15) is 0 Å². The highest BCUT2D eigenvalue weighted by Gasteiger charge is 2.25. The van der Waals surface area contributed by atoms with Gasteiger partial charge in [0.15, 0.2) is 10.9 Å². The highest BCUT2D eigenvalue weighted by molar-refractivity contribution is 7.22. The number of quaternary nitrogens is 1. The van der Waals surface area contributed by atoms with Gasteiger partial charge in [0, 0.05) is 6.07 Å². The monoisotopic (exact) mass is 380 g/mol. The normalized spacial score (nSPS) is 11.3. The minimum absolute atomic E-state index is 0.00469. The van der Waals surface area contributed by atoms with E-state index in [1.54, 1.807) is 6.07 Å². The molecule has 2 aromatic carbocycles. The molecule has 0 bridgehead atoms. The molecular weight excluding hydrogens is 363 g/mol. The van der Waals surface area contributed by atoms with Crippen LogP contribution >= 0.6 is 11.3 Å². The van der Waals surface area contributed by atoms with Gasteiger partial charge in [-0.3, -0.25) is 9.69 Å². The second kappa shape index (κ2) is 7.43. The molecule has 0 atom stereocenters. The number of halogens is 3. The average Bonchev–Trinajstić information content (AvgIpc) is 2.99. The number of hydrogen-bond acceptors (Lipinski definition) is 3. The van der Waals surface area contributed by atoms with Gasteiger partial charge in [0.1, 0.15) is 17.2 Å². The third kappa shape index (κ3) is 3.71.